The summed E-state index contributed by atoms with van der Waals surface area (Å²) in [5.41, 5.74) is 1.22. The Bertz CT molecular complexity index is 299. The number of nitrogens with one attached hydrogen (secondary N) is 1. The number of methoxy groups -OCH3 is 1. The molecule has 1 rings (SSSR count). The minimum absolute atomic E-state index is 0.387. The van der Waals surface area contributed by atoms with Crippen LogP contribution >= 0.6 is 0 Å². The Kier molecular flexibility index (Phi) is 5.52. The standard InChI is InChI=1S/C12H22N2O2/c1-10(9-15-4)14(3)8-12-11(7-13-2)5-6-16-12/h5-6,10,13H,7-9H2,1-4H3. The third-order valence-electron chi connectivity index (χ3n) is 2.76. The van der Waals surface area contributed by atoms with Gasteiger partial charge >= 0.3 is 0 Å². The van der Waals surface area contributed by atoms with E-state index in [0.717, 1.165) is 25.5 Å². The summed E-state index contributed by atoms with van der Waals surface area (Å²) in [6.07, 6.45) is 1.75. The molecule has 0 saturated heterocycles. The van der Waals surface area contributed by atoms with E-state index in [0.29, 0.717) is 6.04 Å². The summed E-state index contributed by atoms with van der Waals surface area (Å²) in [5, 5.41) is 3.13. The van der Waals surface area contributed by atoms with Gasteiger partial charge in [-0.25, -0.2) is 0 Å². The van der Waals surface area contributed by atoms with Crippen molar-refractivity contribution in [2.75, 3.05) is 27.8 Å². The van der Waals surface area contributed by atoms with E-state index in [1.165, 1.54) is 5.56 Å². The van der Waals surface area contributed by atoms with Crippen molar-refractivity contribution in [3.05, 3.63) is 23.7 Å². The maximum absolute atomic E-state index is 5.49. The van der Waals surface area contributed by atoms with Crippen LogP contribution in [0.5, 0.6) is 0 Å². The van der Waals surface area contributed by atoms with Crippen LogP contribution in [0, 0.1) is 0 Å². The second-order valence-corrected chi connectivity index (χ2v) is 4.12. The first kappa shape index (κ1) is 13.2. The lowest BCUT2D eigenvalue weighted by Gasteiger charge is -2.23. The molecule has 1 aromatic rings. The maximum Gasteiger partial charge on any atom is 0.122 e. The maximum atomic E-state index is 5.49. The SMILES string of the molecule is CNCc1ccoc1CN(C)C(C)COC. The van der Waals surface area contributed by atoms with Crippen molar-refractivity contribution < 1.29 is 9.15 Å². The van der Waals surface area contributed by atoms with Gasteiger partial charge in [0.25, 0.3) is 0 Å². The first-order chi connectivity index (χ1) is 7.69. The smallest absolute Gasteiger partial charge is 0.122 e. The van der Waals surface area contributed by atoms with Crippen LogP contribution in [0.1, 0.15) is 18.2 Å². The van der Waals surface area contributed by atoms with Gasteiger partial charge in [-0.2, -0.15) is 0 Å². The molecule has 0 amide bonds. The number of furan rings is 1. The van der Waals surface area contributed by atoms with Gasteiger partial charge in [0.05, 0.1) is 19.4 Å². The molecular weight excluding hydrogens is 204 g/mol. The van der Waals surface area contributed by atoms with Crippen LogP contribution in [0.15, 0.2) is 16.7 Å². The number of rotatable bonds is 7. The first-order valence-electron chi connectivity index (χ1n) is 5.58. The fourth-order valence-electron chi connectivity index (χ4n) is 1.60. The van der Waals surface area contributed by atoms with Crippen molar-refractivity contribution >= 4 is 0 Å². The summed E-state index contributed by atoms with van der Waals surface area (Å²) in [7, 11) is 5.74. The van der Waals surface area contributed by atoms with Crippen LogP contribution < -0.4 is 5.32 Å². The fourth-order valence-corrected chi connectivity index (χ4v) is 1.60. The van der Waals surface area contributed by atoms with E-state index in [2.05, 4.69) is 24.2 Å². The number of hydrogen-bond donors (Lipinski definition) is 1. The molecule has 0 aliphatic heterocycles. The van der Waals surface area contributed by atoms with E-state index in [-0.39, 0.29) is 0 Å². The summed E-state index contributed by atoms with van der Waals surface area (Å²) in [6.45, 7) is 4.54. The Morgan fingerprint density at radius 2 is 2.31 bits per heavy atom. The third-order valence-corrected chi connectivity index (χ3v) is 2.76. The van der Waals surface area contributed by atoms with Crippen molar-refractivity contribution in [1.82, 2.24) is 10.2 Å². The van der Waals surface area contributed by atoms with E-state index in [1.54, 1.807) is 13.4 Å². The predicted octanol–water partition coefficient (Wildman–Crippen LogP) is 1.47. The molecule has 0 bridgehead atoms. The summed E-state index contributed by atoms with van der Waals surface area (Å²) < 4.78 is 10.6. The van der Waals surface area contributed by atoms with Crippen LogP contribution in [0.25, 0.3) is 0 Å². The van der Waals surface area contributed by atoms with Crippen molar-refractivity contribution in [2.24, 2.45) is 0 Å². The number of nitrogens with zero attached hydrogens (tertiary/aromatic N) is 1. The molecule has 4 heteroatoms. The minimum atomic E-state index is 0.387. The molecular formula is C12H22N2O2. The second kappa shape index (κ2) is 6.68. The zero-order valence-electron chi connectivity index (χ0n) is 10.6. The van der Waals surface area contributed by atoms with E-state index < -0.39 is 0 Å². The average Bonchev–Trinajstić information content (AvgIpc) is 2.67. The third kappa shape index (κ3) is 3.63. The molecule has 0 saturated carbocycles. The van der Waals surface area contributed by atoms with Gasteiger partial charge in [-0.15, -0.1) is 0 Å². The zero-order chi connectivity index (χ0) is 12.0. The number of likely N-dealkylation sites (N-methyl/N-ethyl adjacent to an activating group) is 1. The Balaban J connectivity index is 2.54. The Morgan fingerprint density at radius 3 is 2.94 bits per heavy atom. The largest absolute Gasteiger partial charge is 0.468 e. The molecule has 1 N–H and O–H groups in total. The molecule has 0 spiro atoms. The normalized spacial score (nSPS) is 13.3. The van der Waals surface area contributed by atoms with E-state index >= 15 is 0 Å². The molecule has 0 aromatic carbocycles. The molecule has 0 aliphatic rings. The minimum Gasteiger partial charge on any atom is -0.468 e. The lowest BCUT2D eigenvalue weighted by molar-refractivity contribution is 0.107. The summed E-state index contributed by atoms with van der Waals surface area (Å²) in [4.78, 5) is 2.22. The summed E-state index contributed by atoms with van der Waals surface area (Å²) in [6, 6.07) is 2.40. The van der Waals surface area contributed by atoms with Crippen LogP contribution in [-0.4, -0.2) is 38.8 Å². The highest BCUT2D eigenvalue weighted by molar-refractivity contribution is 5.16. The lowest BCUT2D eigenvalue weighted by atomic mass is 10.2. The van der Waals surface area contributed by atoms with Crippen molar-refractivity contribution in [3.63, 3.8) is 0 Å². The topological polar surface area (TPSA) is 37.6 Å². The van der Waals surface area contributed by atoms with Crippen LogP contribution in [0.2, 0.25) is 0 Å². The lowest BCUT2D eigenvalue weighted by Crippen LogP contribution is -2.32. The van der Waals surface area contributed by atoms with Gasteiger partial charge in [0.15, 0.2) is 0 Å². The molecule has 1 heterocycles. The molecule has 16 heavy (non-hydrogen) atoms. The highest BCUT2D eigenvalue weighted by Crippen LogP contribution is 2.13. The van der Waals surface area contributed by atoms with Gasteiger partial charge in [0.2, 0.25) is 0 Å². The Labute approximate surface area is 97.6 Å². The van der Waals surface area contributed by atoms with Gasteiger partial charge in [-0.3, -0.25) is 4.90 Å². The van der Waals surface area contributed by atoms with Gasteiger partial charge in [0, 0.05) is 25.3 Å². The van der Waals surface area contributed by atoms with Crippen molar-refractivity contribution in [2.45, 2.75) is 26.1 Å². The van der Waals surface area contributed by atoms with E-state index in [9.17, 15) is 0 Å². The zero-order valence-corrected chi connectivity index (χ0v) is 10.6. The van der Waals surface area contributed by atoms with E-state index in [1.807, 2.05) is 13.1 Å². The van der Waals surface area contributed by atoms with Crippen LogP contribution in [0.4, 0.5) is 0 Å². The van der Waals surface area contributed by atoms with Gasteiger partial charge in [-0.05, 0) is 27.1 Å². The van der Waals surface area contributed by atoms with Gasteiger partial charge < -0.3 is 14.5 Å². The van der Waals surface area contributed by atoms with E-state index in [4.69, 9.17) is 9.15 Å². The predicted molar refractivity (Wildman–Crippen MR) is 64.3 cm³/mol. The second-order valence-electron chi connectivity index (χ2n) is 4.12. The monoisotopic (exact) mass is 226 g/mol. The molecule has 1 aromatic heterocycles. The highest BCUT2D eigenvalue weighted by atomic mass is 16.5. The average molecular weight is 226 g/mol. The Hall–Kier alpha value is -0.840. The van der Waals surface area contributed by atoms with Crippen LogP contribution in [0.3, 0.4) is 0 Å². The van der Waals surface area contributed by atoms with Crippen molar-refractivity contribution in [1.29, 1.82) is 0 Å². The van der Waals surface area contributed by atoms with Crippen molar-refractivity contribution in [3.8, 4) is 0 Å². The number of hydrogen-bond acceptors (Lipinski definition) is 4. The molecule has 1 unspecified atom stereocenters. The quantitative estimate of drug-likeness (QED) is 0.764. The summed E-state index contributed by atoms with van der Waals surface area (Å²) in [5.74, 6) is 1.03. The Morgan fingerprint density at radius 1 is 1.56 bits per heavy atom. The summed E-state index contributed by atoms with van der Waals surface area (Å²) >= 11 is 0. The number of ether oxygens (including phenoxy) is 1. The highest BCUT2D eigenvalue weighted by Gasteiger charge is 2.13. The fraction of sp³-hybridized carbons (Fsp3) is 0.667. The van der Waals surface area contributed by atoms with Gasteiger partial charge in [-0.1, -0.05) is 0 Å². The molecule has 0 aliphatic carbocycles. The van der Waals surface area contributed by atoms with Gasteiger partial charge in [0.1, 0.15) is 5.76 Å². The molecule has 92 valence electrons. The molecule has 4 nitrogen and oxygen atoms in total. The molecule has 0 radical (unpaired) electrons. The van der Waals surface area contributed by atoms with Crippen LogP contribution in [-0.2, 0) is 17.8 Å². The first-order valence-corrected chi connectivity index (χ1v) is 5.58. The molecule has 0 fully saturated rings. The molecule has 1 atom stereocenters.